The molecule has 0 bridgehead atoms. The van der Waals surface area contributed by atoms with Crippen LogP contribution < -0.4 is 0 Å². The average molecular weight is 541 g/mol. The van der Waals surface area contributed by atoms with Gasteiger partial charge in [0.05, 0.1) is 0 Å². The largest absolute Gasteiger partial charge is 0.135 e. The van der Waals surface area contributed by atoms with Crippen LogP contribution in [0, 0.1) is 19.3 Å². The van der Waals surface area contributed by atoms with Crippen molar-refractivity contribution in [2.24, 2.45) is 0 Å². The Hall–Kier alpha value is -4.90. The lowest BCUT2D eigenvalue weighted by Crippen LogP contribution is -1.90. The van der Waals surface area contributed by atoms with Gasteiger partial charge in [0.25, 0.3) is 0 Å². The van der Waals surface area contributed by atoms with Crippen LogP contribution in [0.4, 0.5) is 0 Å². The smallest absolute Gasteiger partial charge is 0.0433 e. The number of allylic oxidation sites excluding steroid dienone is 1. The molecule has 0 saturated carbocycles. The molecule has 194 valence electrons. The first-order valence-corrected chi connectivity index (χ1v) is 14.8. The van der Waals surface area contributed by atoms with E-state index >= 15 is 0 Å². The molecule has 0 aliphatic rings. The summed E-state index contributed by atoms with van der Waals surface area (Å²) in [5.74, 6) is 2.72. The fraction of sp³-hybridized carbons (Fsp3) is 0.0500. The van der Waals surface area contributed by atoms with Crippen molar-refractivity contribution in [3.63, 3.8) is 0 Å². The highest BCUT2D eigenvalue weighted by Gasteiger charge is 2.17. The van der Waals surface area contributed by atoms with Gasteiger partial charge in [-0.25, -0.2) is 0 Å². The fourth-order valence-electron chi connectivity index (χ4n) is 5.99. The number of thiophene rings is 1. The minimum atomic E-state index is 0.632. The molecule has 0 nitrogen and oxygen atoms in total. The summed E-state index contributed by atoms with van der Waals surface area (Å²) in [6.45, 7) is 2.22. The first-order valence-electron chi connectivity index (χ1n) is 14.0. The second-order valence-electron chi connectivity index (χ2n) is 10.4. The highest BCUT2D eigenvalue weighted by Crippen LogP contribution is 2.46. The number of fused-ring (bicyclic) bond motifs is 4. The second-order valence-corrected chi connectivity index (χ2v) is 11.5. The van der Waals surface area contributed by atoms with E-state index in [1.807, 2.05) is 11.3 Å². The average Bonchev–Trinajstić information content (AvgIpc) is 3.42. The van der Waals surface area contributed by atoms with Crippen LogP contribution in [0.2, 0.25) is 0 Å². The van der Waals surface area contributed by atoms with E-state index in [1.165, 1.54) is 75.5 Å². The number of hydrogen-bond acceptors (Lipinski definition) is 1. The van der Waals surface area contributed by atoms with E-state index in [0.717, 1.165) is 0 Å². The van der Waals surface area contributed by atoms with Gasteiger partial charge in [0.15, 0.2) is 0 Å². The van der Waals surface area contributed by atoms with Crippen LogP contribution in [0.3, 0.4) is 0 Å². The lowest BCUT2D eigenvalue weighted by Gasteiger charge is -2.14. The van der Waals surface area contributed by atoms with E-state index in [9.17, 15) is 0 Å². The molecule has 0 N–H and O–H groups in total. The molecule has 41 heavy (non-hydrogen) atoms. The Balaban J connectivity index is 1.44. The predicted octanol–water partition coefficient (Wildman–Crippen LogP) is 11.6. The van der Waals surface area contributed by atoms with Gasteiger partial charge in [0.2, 0.25) is 0 Å². The first-order chi connectivity index (χ1) is 20.2. The molecule has 0 amide bonds. The quantitative estimate of drug-likeness (QED) is 0.150. The molecule has 1 heterocycles. The highest BCUT2D eigenvalue weighted by molar-refractivity contribution is 7.23. The fourth-order valence-corrected chi connectivity index (χ4v) is 7.21. The first kappa shape index (κ1) is 25.1. The molecule has 0 saturated heterocycles. The van der Waals surface area contributed by atoms with Crippen molar-refractivity contribution >= 4 is 49.0 Å². The molecule has 6 aromatic carbocycles. The van der Waals surface area contributed by atoms with Crippen LogP contribution in [-0.2, 0) is 0 Å². The molecule has 1 heteroatoms. The zero-order valence-electron chi connectivity index (χ0n) is 22.9. The van der Waals surface area contributed by atoms with Crippen molar-refractivity contribution in [3.05, 3.63) is 139 Å². The molecular formula is C40H28S. The lowest BCUT2D eigenvalue weighted by molar-refractivity contribution is 1.47. The van der Waals surface area contributed by atoms with Crippen molar-refractivity contribution in [2.75, 3.05) is 0 Å². The van der Waals surface area contributed by atoms with Crippen LogP contribution in [0.15, 0.2) is 127 Å². The molecule has 0 aliphatic carbocycles. The SMILES string of the molecule is C#CCC=Cc1c(C)c2ccc(-c3ccc4sc(-c5ccccc5)c(-c5ccccc5)c4c3)cc2c2ccccc12. The summed E-state index contributed by atoms with van der Waals surface area (Å²) in [6.07, 6.45) is 10.4. The number of aryl methyl sites for hydroxylation is 1. The minimum absolute atomic E-state index is 0.632. The van der Waals surface area contributed by atoms with Gasteiger partial charge in [0, 0.05) is 26.9 Å². The Labute approximate surface area is 245 Å². The van der Waals surface area contributed by atoms with Crippen LogP contribution in [0.1, 0.15) is 17.5 Å². The topological polar surface area (TPSA) is 0 Å². The number of rotatable bonds is 5. The van der Waals surface area contributed by atoms with Gasteiger partial charge in [-0.15, -0.1) is 23.7 Å². The van der Waals surface area contributed by atoms with Crippen molar-refractivity contribution in [2.45, 2.75) is 13.3 Å². The Morgan fingerprint density at radius 2 is 1.24 bits per heavy atom. The summed E-state index contributed by atoms with van der Waals surface area (Å²) in [4.78, 5) is 1.31. The molecule has 1 aromatic heterocycles. The number of hydrogen-bond donors (Lipinski definition) is 0. The summed E-state index contributed by atoms with van der Waals surface area (Å²) in [5, 5.41) is 6.38. The van der Waals surface area contributed by atoms with Crippen molar-refractivity contribution in [1.29, 1.82) is 0 Å². The summed E-state index contributed by atoms with van der Waals surface area (Å²) < 4.78 is 1.30. The van der Waals surface area contributed by atoms with Crippen LogP contribution >= 0.6 is 11.3 Å². The molecular weight excluding hydrogens is 513 g/mol. The lowest BCUT2D eigenvalue weighted by atomic mass is 9.89. The van der Waals surface area contributed by atoms with Gasteiger partial charge in [-0.2, -0.15) is 0 Å². The Kier molecular flexibility index (Phi) is 6.48. The van der Waals surface area contributed by atoms with E-state index in [-0.39, 0.29) is 0 Å². The minimum Gasteiger partial charge on any atom is -0.135 e. The number of terminal acetylenes is 1. The molecule has 7 rings (SSSR count). The van der Waals surface area contributed by atoms with Crippen LogP contribution in [0.25, 0.3) is 70.4 Å². The van der Waals surface area contributed by atoms with E-state index in [1.54, 1.807) is 0 Å². The zero-order valence-corrected chi connectivity index (χ0v) is 23.7. The van der Waals surface area contributed by atoms with Gasteiger partial charge >= 0.3 is 0 Å². The zero-order chi connectivity index (χ0) is 27.8. The van der Waals surface area contributed by atoms with E-state index in [4.69, 9.17) is 6.42 Å². The van der Waals surface area contributed by atoms with E-state index in [2.05, 4.69) is 146 Å². The molecule has 7 aromatic rings. The maximum Gasteiger partial charge on any atom is 0.0433 e. The maximum absolute atomic E-state index is 5.51. The third-order valence-corrected chi connectivity index (χ3v) is 9.19. The monoisotopic (exact) mass is 540 g/mol. The van der Waals surface area contributed by atoms with Crippen molar-refractivity contribution in [3.8, 4) is 45.0 Å². The standard InChI is InChI=1S/C40H28S/c1-3-4-7-18-32-27(2)33-23-21-30(25-36(33)35-20-13-12-19-34(32)35)31-22-24-38-37(26-31)39(28-14-8-5-9-15-28)40(41-38)29-16-10-6-11-17-29/h1,5-26H,4H2,2H3. The van der Waals surface area contributed by atoms with Gasteiger partial charge in [-0.05, 0) is 80.0 Å². The van der Waals surface area contributed by atoms with E-state index < -0.39 is 0 Å². The molecule has 0 atom stereocenters. The molecule has 0 radical (unpaired) electrons. The van der Waals surface area contributed by atoms with Gasteiger partial charge in [-0.1, -0.05) is 115 Å². The predicted molar refractivity (Wildman–Crippen MR) is 180 cm³/mol. The molecule has 0 aliphatic heterocycles. The Bertz CT molecular complexity index is 2120. The molecule has 0 fully saturated rings. The molecule has 0 unspecified atom stereocenters. The third-order valence-electron chi connectivity index (χ3n) is 7.97. The van der Waals surface area contributed by atoms with Crippen LogP contribution in [0.5, 0.6) is 0 Å². The van der Waals surface area contributed by atoms with Crippen molar-refractivity contribution < 1.29 is 0 Å². The van der Waals surface area contributed by atoms with Gasteiger partial charge < -0.3 is 0 Å². The second kappa shape index (κ2) is 10.6. The third kappa shape index (κ3) is 4.44. The van der Waals surface area contributed by atoms with Gasteiger partial charge in [-0.3, -0.25) is 0 Å². The Morgan fingerprint density at radius 1 is 0.610 bits per heavy atom. The normalized spacial score (nSPS) is 11.5. The Morgan fingerprint density at radius 3 is 1.98 bits per heavy atom. The summed E-state index contributed by atoms with van der Waals surface area (Å²) in [5.41, 5.74) is 8.81. The maximum atomic E-state index is 5.51. The summed E-state index contributed by atoms with van der Waals surface area (Å²) in [7, 11) is 0. The van der Waals surface area contributed by atoms with Gasteiger partial charge in [0.1, 0.15) is 0 Å². The summed E-state index contributed by atoms with van der Waals surface area (Å²) in [6, 6.07) is 44.1. The van der Waals surface area contributed by atoms with E-state index in [0.29, 0.717) is 6.42 Å². The van der Waals surface area contributed by atoms with Crippen LogP contribution in [-0.4, -0.2) is 0 Å². The van der Waals surface area contributed by atoms with Crippen molar-refractivity contribution in [1.82, 2.24) is 0 Å². The number of benzene rings is 6. The highest BCUT2D eigenvalue weighted by atomic mass is 32.1. The summed E-state index contributed by atoms with van der Waals surface area (Å²) >= 11 is 1.87. The molecule has 0 spiro atoms.